The standard InChI is InChI=1S/C14H18N2O/c1-16(10-12-2-3-12)14(17)9-6-11-4-7-13(15)8-5-11/h4-9,12H,2-3,10,15H2,1H3/b9-6+. The first kappa shape index (κ1) is 11.7. The fourth-order valence-corrected chi connectivity index (χ4v) is 1.68. The Morgan fingerprint density at radius 3 is 2.65 bits per heavy atom. The van der Waals surface area contributed by atoms with Crippen LogP contribution in [0.2, 0.25) is 0 Å². The Hall–Kier alpha value is -1.77. The van der Waals surface area contributed by atoms with E-state index in [9.17, 15) is 4.79 Å². The third-order valence-electron chi connectivity index (χ3n) is 2.96. The third kappa shape index (κ3) is 3.63. The van der Waals surface area contributed by atoms with E-state index in [1.165, 1.54) is 12.8 Å². The van der Waals surface area contributed by atoms with Crippen LogP contribution in [0.1, 0.15) is 18.4 Å². The fraction of sp³-hybridized carbons (Fsp3) is 0.357. The molecule has 0 heterocycles. The van der Waals surface area contributed by atoms with Crippen LogP contribution in [0.3, 0.4) is 0 Å². The smallest absolute Gasteiger partial charge is 0.246 e. The van der Waals surface area contributed by atoms with Crippen molar-refractivity contribution >= 4 is 17.7 Å². The molecule has 3 heteroatoms. The van der Waals surface area contributed by atoms with Crippen molar-refractivity contribution in [2.75, 3.05) is 19.3 Å². The molecule has 1 aliphatic carbocycles. The Bertz CT molecular complexity index is 418. The van der Waals surface area contributed by atoms with Crippen molar-refractivity contribution in [2.45, 2.75) is 12.8 Å². The molecule has 1 amide bonds. The summed E-state index contributed by atoms with van der Waals surface area (Å²) in [5.74, 6) is 0.794. The number of hydrogen-bond donors (Lipinski definition) is 1. The van der Waals surface area contributed by atoms with Gasteiger partial charge in [0.15, 0.2) is 0 Å². The van der Waals surface area contributed by atoms with Crippen LogP contribution in [0.5, 0.6) is 0 Å². The maximum Gasteiger partial charge on any atom is 0.246 e. The van der Waals surface area contributed by atoms with Gasteiger partial charge in [-0.1, -0.05) is 12.1 Å². The lowest BCUT2D eigenvalue weighted by Gasteiger charge is -2.13. The Morgan fingerprint density at radius 1 is 1.41 bits per heavy atom. The van der Waals surface area contributed by atoms with Crippen molar-refractivity contribution in [3.63, 3.8) is 0 Å². The average Bonchev–Trinajstić information content (AvgIpc) is 3.11. The van der Waals surface area contributed by atoms with E-state index >= 15 is 0 Å². The summed E-state index contributed by atoms with van der Waals surface area (Å²) in [6.45, 7) is 0.880. The Morgan fingerprint density at radius 2 is 2.06 bits per heavy atom. The van der Waals surface area contributed by atoms with E-state index in [1.54, 1.807) is 11.0 Å². The summed E-state index contributed by atoms with van der Waals surface area (Å²) in [4.78, 5) is 13.5. The highest BCUT2D eigenvalue weighted by Gasteiger charge is 2.23. The molecule has 0 radical (unpaired) electrons. The normalized spacial score (nSPS) is 15.1. The van der Waals surface area contributed by atoms with Gasteiger partial charge in [-0.05, 0) is 42.5 Å². The molecule has 2 N–H and O–H groups in total. The molecular formula is C14H18N2O. The summed E-state index contributed by atoms with van der Waals surface area (Å²) in [5, 5.41) is 0. The lowest BCUT2D eigenvalue weighted by Crippen LogP contribution is -2.26. The molecule has 90 valence electrons. The molecule has 17 heavy (non-hydrogen) atoms. The summed E-state index contributed by atoms with van der Waals surface area (Å²) in [6, 6.07) is 7.47. The predicted molar refractivity (Wildman–Crippen MR) is 70.2 cm³/mol. The number of nitrogens with zero attached hydrogens (tertiary/aromatic N) is 1. The quantitative estimate of drug-likeness (QED) is 0.636. The van der Waals surface area contributed by atoms with Crippen molar-refractivity contribution in [3.05, 3.63) is 35.9 Å². The van der Waals surface area contributed by atoms with Crippen LogP contribution < -0.4 is 5.73 Å². The molecule has 0 spiro atoms. The SMILES string of the molecule is CN(CC1CC1)C(=O)/C=C/c1ccc(N)cc1. The van der Waals surface area contributed by atoms with Crippen molar-refractivity contribution in [1.82, 2.24) is 4.90 Å². The molecule has 1 fully saturated rings. The van der Waals surface area contributed by atoms with Gasteiger partial charge in [-0.3, -0.25) is 4.79 Å². The molecule has 0 bridgehead atoms. The van der Waals surface area contributed by atoms with E-state index in [0.717, 1.165) is 23.7 Å². The third-order valence-corrected chi connectivity index (χ3v) is 2.96. The number of carbonyl (C=O) groups is 1. The first-order valence-electron chi connectivity index (χ1n) is 5.94. The highest BCUT2D eigenvalue weighted by Crippen LogP contribution is 2.29. The summed E-state index contributed by atoms with van der Waals surface area (Å²) in [6.07, 6.45) is 5.97. The molecule has 1 aromatic rings. The maximum atomic E-state index is 11.8. The number of carbonyl (C=O) groups excluding carboxylic acids is 1. The van der Waals surface area contributed by atoms with Crippen LogP contribution in [-0.4, -0.2) is 24.4 Å². The highest BCUT2D eigenvalue weighted by molar-refractivity contribution is 5.91. The largest absolute Gasteiger partial charge is 0.399 e. The molecule has 1 aromatic carbocycles. The second-order valence-corrected chi connectivity index (χ2v) is 4.66. The van der Waals surface area contributed by atoms with Crippen LogP contribution in [0.15, 0.2) is 30.3 Å². The molecule has 3 nitrogen and oxygen atoms in total. The topological polar surface area (TPSA) is 46.3 Å². The number of rotatable bonds is 4. The molecule has 1 aliphatic rings. The Kier molecular flexibility index (Phi) is 3.47. The van der Waals surface area contributed by atoms with Gasteiger partial charge in [0.25, 0.3) is 0 Å². The fourth-order valence-electron chi connectivity index (χ4n) is 1.68. The van der Waals surface area contributed by atoms with Crippen LogP contribution in [0.4, 0.5) is 5.69 Å². The van der Waals surface area contributed by atoms with Gasteiger partial charge in [0, 0.05) is 25.4 Å². The van der Waals surface area contributed by atoms with Crippen molar-refractivity contribution in [3.8, 4) is 0 Å². The first-order valence-corrected chi connectivity index (χ1v) is 5.94. The van der Waals surface area contributed by atoms with Gasteiger partial charge >= 0.3 is 0 Å². The van der Waals surface area contributed by atoms with E-state index < -0.39 is 0 Å². The van der Waals surface area contributed by atoms with Gasteiger partial charge in [0.05, 0.1) is 0 Å². The number of nitrogen functional groups attached to an aromatic ring is 1. The molecule has 1 saturated carbocycles. The summed E-state index contributed by atoms with van der Waals surface area (Å²) in [5.41, 5.74) is 7.32. The van der Waals surface area contributed by atoms with Crippen molar-refractivity contribution in [1.29, 1.82) is 0 Å². The highest BCUT2D eigenvalue weighted by atomic mass is 16.2. The number of anilines is 1. The minimum Gasteiger partial charge on any atom is -0.399 e. The number of benzene rings is 1. The second-order valence-electron chi connectivity index (χ2n) is 4.66. The van der Waals surface area contributed by atoms with Gasteiger partial charge in [0.2, 0.25) is 5.91 Å². The summed E-state index contributed by atoms with van der Waals surface area (Å²) >= 11 is 0. The van der Waals surface area contributed by atoms with E-state index in [-0.39, 0.29) is 5.91 Å². The average molecular weight is 230 g/mol. The van der Waals surface area contributed by atoms with E-state index in [0.29, 0.717) is 0 Å². The van der Waals surface area contributed by atoms with E-state index in [4.69, 9.17) is 5.73 Å². The lowest BCUT2D eigenvalue weighted by molar-refractivity contribution is -0.124. The van der Waals surface area contributed by atoms with Crippen molar-refractivity contribution < 1.29 is 4.79 Å². The van der Waals surface area contributed by atoms with Crippen LogP contribution in [-0.2, 0) is 4.79 Å². The van der Waals surface area contributed by atoms with E-state index in [2.05, 4.69) is 0 Å². The Labute approximate surface area is 102 Å². The van der Waals surface area contributed by atoms with Crippen LogP contribution in [0, 0.1) is 5.92 Å². The number of amides is 1. The van der Waals surface area contributed by atoms with Gasteiger partial charge in [-0.2, -0.15) is 0 Å². The Balaban J connectivity index is 1.90. The number of hydrogen-bond acceptors (Lipinski definition) is 2. The zero-order valence-electron chi connectivity index (χ0n) is 10.1. The van der Waals surface area contributed by atoms with Crippen LogP contribution >= 0.6 is 0 Å². The minimum absolute atomic E-state index is 0.0636. The van der Waals surface area contributed by atoms with Crippen molar-refractivity contribution in [2.24, 2.45) is 5.92 Å². The molecule has 2 rings (SSSR count). The molecule has 0 aromatic heterocycles. The van der Waals surface area contributed by atoms with Gasteiger partial charge in [-0.25, -0.2) is 0 Å². The molecule has 0 atom stereocenters. The molecule has 0 unspecified atom stereocenters. The summed E-state index contributed by atoms with van der Waals surface area (Å²) in [7, 11) is 1.86. The monoisotopic (exact) mass is 230 g/mol. The molecule has 0 aliphatic heterocycles. The first-order chi connectivity index (χ1) is 8.15. The summed E-state index contributed by atoms with van der Waals surface area (Å²) < 4.78 is 0. The minimum atomic E-state index is 0.0636. The maximum absolute atomic E-state index is 11.8. The zero-order chi connectivity index (χ0) is 12.3. The lowest BCUT2D eigenvalue weighted by atomic mass is 10.2. The van der Waals surface area contributed by atoms with Gasteiger partial charge in [0.1, 0.15) is 0 Å². The number of likely N-dealkylation sites (N-methyl/N-ethyl adjacent to an activating group) is 1. The zero-order valence-corrected chi connectivity index (χ0v) is 10.1. The molecular weight excluding hydrogens is 212 g/mol. The van der Waals surface area contributed by atoms with E-state index in [1.807, 2.05) is 37.4 Å². The van der Waals surface area contributed by atoms with Gasteiger partial charge in [-0.15, -0.1) is 0 Å². The molecule has 0 saturated heterocycles. The van der Waals surface area contributed by atoms with Crippen LogP contribution in [0.25, 0.3) is 6.08 Å². The predicted octanol–water partition coefficient (Wildman–Crippen LogP) is 2.15. The number of nitrogens with two attached hydrogens (primary N) is 1. The van der Waals surface area contributed by atoms with Gasteiger partial charge < -0.3 is 10.6 Å². The second kappa shape index (κ2) is 5.04.